The Hall–Kier alpha value is -2.24. The van der Waals surface area contributed by atoms with Crippen LogP contribution in [0.3, 0.4) is 0 Å². The summed E-state index contributed by atoms with van der Waals surface area (Å²) in [6.45, 7) is -0.271. The van der Waals surface area contributed by atoms with E-state index in [2.05, 4.69) is 0 Å². The number of amidine groups is 1. The van der Waals surface area contributed by atoms with E-state index in [1.54, 1.807) is 36.4 Å². The Bertz CT molecular complexity index is 909. The zero-order valence-electron chi connectivity index (χ0n) is 15.9. The third-order valence-corrected chi connectivity index (χ3v) is 4.39. The van der Waals surface area contributed by atoms with Crippen LogP contribution in [0.2, 0.25) is 5.02 Å². The molecule has 5 nitrogen and oxygen atoms in total. The molecule has 124 valence electrons. The summed E-state index contributed by atoms with van der Waals surface area (Å²) >= 11 is 6.20. The van der Waals surface area contributed by atoms with Gasteiger partial charge < -0.3 is 19.6 Å². The molecule has 6 heteroatoms. The first-order valence-electron chi connectivity index (χ1n) is 9.21. The molecule has 2 aliphatic heterocycles. The predicted molar refractivity (Wildman–Crippen MR) is 94.9 cm³/mol. The van der Waals surface area contributed by atoms with E-state index < -0.39 is 6.98 Å². The number of ether oxygens (including phenoxy) is 1. The lowest BCUT2D eigenvalue weighted by molar-refractivity contribution is 0.215. The maximum atomic E-state index is 9.83. The van der Waals surface area contributed by atoms with Gasteiger partial charge in [0.2, 0.25) is 0 Å². The number of hydrogen-bond acceptors (Lipinski definition) is 5. The molecule has 0 bridgehead atoms. The second kappa shape index (κ2) is 6.00. The molecule has 0 spiro atoms. The first kappa shape index (κ1) is 12.2. The summed E-state index contributed by atoms with van der Waals surface area (Å²) in [4.78, 5) is 8.24. The van der Waals surface area contributed by atoms with Crippen LogP contribution in [0, 0.1) is 0 Å². The number of phenols is 1. The van der Waals surface area contributed by atoms with Crippen molar-refractivity contribution < 1.29 is 14.0 Å². The Labute approximate surface area is 150 Å². The molecule has 2 aromatic carbocycles. The number of phenolic OH excluding ortho intramolecular Hbond substituents is 1. The monoisotopic (exact) mass is 346 g/mol. The molecule has 0 atom stereocenters. The average Bonchev–Trinajstić information content (AvgIpc) is 2.77. The fourth-order valence-corrected chi connectivity index (χ4v) is 3.07. The summed E-state index contributed by atoms with van der Waals surface area (Å²) in [5, 5.41) is 10.4. The highest BCUT2D eigenvalue weighted by Gasteiger charge is 2.25. The van der Waals surface area contributed by atoms with Crippen LogP contribution in [0.4, 0.5) is 5.69 Å². The van der Waals surface area contributed by atoms with E-state index in [1.165, 1.54) is 4.90 Å². The number of benzene rings is 2. The minimum absolute atomic E-state index is 0.0941. The number of rotatable bonds is 0. The van der Waals surface area contributed by atoms with Crippen LogP contribution < -0.4 is 4.74 Å². The highest BCUT2D eigenvalue weighted by molar-refractivity contribution is 6.31. The van der Waals surface area contributed by atoms with E-state index in [0.717, 1.165) is 5.56 Å². The lowest BCUT2D eigenvalue weighted by Crippen LogP contribution is -2.47. The Kier molecular flexibility index (Phi) is 3.04. The van der Waals surface area contributed by atoms with E-state index in [9.17, 15) is 5.11 Å². The number of aliphatic imine (C=N–C) groups is 1. The molecule has 0 unspecified atom stereocenters. The predicted octanol–water partition coefficient (Wildman–Crippen LogP) is 3.48. The molecule has 0 aliphatic carbocycles. The molecule has 2 aliphatic rings. The Morgan fingerprint density at radius 1 is 1.12 bits per heavy atom. The van der Waals surface area contributed by atoms with Gasteiger partial charge in [0.1, 0.15) is 23.0 Å². The molecule has 0 saturated carbocycles. The zero-order valence-corrected chi connectivity index (χ0v) is 13.6. The fourth-order valence-electron chi connectivity index (χ4n) is 2.90. The molecule has 2 heterocycles. The molecule has 24 heavy (non-hydrogen) atoms. The Morgan fingerprint density at radius 2 is 1.92 bits per heavy atom. The van der Waals surface area contributed by atoms with Gasteiger partial charge in [-0.2, -0.15) is 0 Å². The van der Waals surface area contributed by atoms with Crippen molar-refractivity contribution in [3.05, 3.63) is 47.0 Å². The van der Waals surface area contributed by atoms with E-state index in [0.29, 0.717) is 54.2 Å². The smallest absolute Gasteiger partial charge is 0.153 e. The van der Waals surface area contributed by atoms with Gasteiger partial charge in [0.25, 0.3) is 0 Å². The van der Waals surface area contributed by atoms with Crippen molar-refractivity contribution in [2.24, 2.45) is 4.99 Å². The lowest BCUT2D eigenvalue weighted by atomic mass is 10.1. The molecule has 0 aromatic heterocycles. The quantitative estimate of drug-likeness (QED) is 0.793. The van der Waals surface area contributed by atoms with E-state index >= 15 is 0 Å². The SMILES string of the molecule is [2H]C([2H])([2H])N1CCN(C2=Nc3cc(O)ccc3Oc3ccc(Cl)cc32)CC1. The number of likely N-dealkylation sites (N-methyl/N-ethyl adjacent to an activating group) is 1. The van der Waals surface area contributed by atoms with Gasteiger partial charge in [-0.05, 0) is 37.3 Å². The van der Waals surface area contributed by atoms with Crippen molar-refractivity contribution in [1.82, 2.24) is 9.80 Å². The molecule has 2 aromatic rings. The molecular weight excluding hydrogens is 326 g/mol. The summed E-state index contributed by atoms with van der Waals surface area (Å²) in [5.74, 6) is 1.90. The molecule has 0 radical (unpaired) electrons. The molecule has 1 fully saturated rings. The topological polar surface area (TPSA) is 48.3 Å². The molecule has 1 N–H and O–H groups in total. The molecule has 1 saturated heterocycles. The lowest BCUT2D eigenvalue weighted by Gasteiger charge is -2.34. The Morgan fingerprint density at radius 3 is 2.71 bits per heavy atom. The van der Waals surface area contributed by atoms with Gasteiger partial charge in [0, 0.05) is 41.4 Å². The normalized spacial score (nSPS) is 19.8. The standard InChI is InChI=1S/C18H18ClN3O2/c1-21-6-8-22(9-7-21)18-14-10-12(19)2-4-16(14)24-17-5-3-13(23)11-15(17)20-18/h2-5,10-11,23H,6-9H2,1H3/i1D3. The van der Waals surface area contributed by atoms with Crippen LogP contribution >= 0.6 is 11.6 Å². The van der Waals surface area contributed by atoms with Crippen LogP contribution in [-0.4, -0.2) is 53.9 Å². The van der Waals surface area contributed by atoms with Crippen molar-refractivity contribution in [3.8, 4) is 17.2 Å². The second-order valence-corrected chi connectivity index (χ2v) is 6.24. The first-order valence-corrected chi connectivity index (χ1v) is 8.08. The highest BCUT2D eigenvalue weighted by atomic mass is 35.5. The third kappa shape index (κ3) is 2.81. The molecular formula is C18H18ClN3O2. The minimum Gasteiger partial charge on any atom is -0.508 e. The van der Waals surface area contributed by atoms with Gasteiger partial charge >= 0.3 is 0 Å². The number of aromatic hydroxyl groups is 1. The van der Waals surface area contributed by atoms with Gasteiger partial charge in [0.05, 0.1) is 5.56 Å². The largest absolute Gasteiger partial charge is 0.508 e. The summed E-state index contributed by atoms with van der Waals surface area (Å²) in [5.41, 5.74) is 1.25. The zero-order chi connectivity index (χ0) is 19.2. The van der Waals surface area contributed by atoms with Crippen LogP contribution in [0.15, 0.2) is 41.4 Å². The van der Waals surface area contributed by atoms with Crippen LogP contribution in [-0.2, 0) is 0 Å². The highest BCUT2D eigenvalue weighted by Crippen LogP contribution is 2.40. The maximum Gasteiger partial charge on any atom is 0.153 e. The number of piperazine rings is 1. The van der Waals surface area contributed by atoms with Crippen molar-refractivity contribution in [2.45, 2.75) is 0 Å². The number of halogens is 1. The van der Waals surface area contributed by atoms with Crippen molar-refractivity contribution in [3.63, 3.8) is 0 Å². The summed E-state index contributed by atoms with van der Waals surface area (Å²) in [7, 11) is 0. The number of fused-ring (bicyclic) bond motifs is 2. The van der Waals surface area contributed by atoms with Gasteiger partial charge in [-0.1, -0.05) is 11.6 Å². The van der Waals surface area contributed by atoms with Gasteiger partial charge in [-0.25, -0.2) is 4.99 Å². The van der Waals surface area contributed by atoms with Crippen molar-refractivity contribution in [2.75, 3.05) is 33.2 Å². The second-order valence-electron chi connectivity index (χ2n) is 5.80. The number of nitrogens with zero attached hydrogens (tertiary/aromatic N) is 3. The summed E-state index contributed by atoms with van der Waals surface area (Å²) < 4.78 is 28.7. The third-order valence-electron chi connectivity index (χ3n) is 4.15. The van der Waals surface area contributed by atoms with Crippen molar-refractivity contribution in [1.29, 1.82) is 0 Å². The van der Waals surface area contributed by atoms with E-state index in [4.69, 9.17) is 25.4 Å². The Balaban J connectivity index is 1.74. The summed E-state index contributed by atoms with van der Waals surface area (Å²) in [6.07, 6.45) is 0. The molecule has 0 amide bonds. The average molecular weight is 347 g/mol. The van der Waals surface area contributed by atoms with Crippen LogP contribution in [0.1, 0.15) is 9.68 Å². The number of hydrogen-bond donors (Lipinski definition) is 1. The van der Waals surface area contributed by atoms with Gasteiger partial charge in [0.15, 0.2) is 5.75 Å². The van der Waals surface area contributed by atoms with E-state index in [1.807, 2.05) is 4.90 Å². The summed E-state index contributed by atoms with van der Waals surface area (Å²) in [6, 6.07) is 10.1. The fraction of sp³-hybridized carbons (Fsp3) is 0.278. The molecule has 4 rings (SSSR count). The minimum atomic E-state index is -2.10. The first-order chi connectivity index (χ1) is 12.8. The van der Waals surface area contributed by atoms with E-state index in [-0.39, 0.29) is 5.75 Å². The van der Waals surface area contributed by atoms with Crippen LogP contribution in [0.25, 0.3) is 0 Å². The maximum absolute atomic E-state index is 9.83. The van der Waals surface area contributed by atoms with Crippen molar-refractivity contribution >= 4 is 23.1 Å². The van der Waals surface area contributed by atoms with Crippen LogP contribution in [0.5, 0.6) is 17.2 Å². The van der Waals surface area contributed by atoms with Gasteiger partial charge in [-0.15, -0.1) is 0 Å². The van der Waals surface area contributed by atoms with Gasteiger partial charge in [-0.3, -0.25) is 0 Å².